The Morgan fingerprint density at radius 3 is 1.11 bits per heavy atom. The van der Waals surface area contributed by atoms with Crippen LogP contribution in [0.15, 0.2) is 179 Å². The third-order valence-corrected chi connectivity index (χ3v) is 16.4. The molecule has 4 heteroatoms. The molecule has 70 heavy (non-hydrogen) atoms. The van der Waals surface area contributed by atoms with Crippen LogP contribution in [0.2, 0.25) is 0 Å². The van der Waals surface area contributed by atoms with Crippen molar-refractivity contribution >= 4 is 110 Å². The number of nitrogens with zero attached hydrogens (tertiary/aromatic N) is 2. The Bertz CT molecular complexity index is 3690. The molecular formula is C66H56N2O2. The van der Waals surface area contributed by atoms with E-state index in [0.29, 0.717) is 11.8 Å². The molecule has 14 rings (SSSR count). The first-order valence-corrected chi connectivity index (χ1v) is 25.9. The Hall–Kier alpha value is -7.56. The average molecular weight is 909 g/mol. The average Bonchev–Trinajstić information content (AvgIpc) is 4.01. The molecule has 10 aromatic carbocycles. The Kier molecular flexibility index (Phi) is 9.79. The number of anilines is 6. The lowest BCUT2D eigenvalue weighted by molar-refractivity contribution is 0.442. The standard InChI is InChI=1S/C66H56N2O2/c1-41-39-59(67(45-23-11-5-12-24-45)57-33-17-31-53-51-29-15-27-49(63(51)69-65(53)57)43-19-7-3-8-20-43)55-38-36-48-42(2)40-60(56-37-35-47(41)61(55)62(48)56)68(46-25-13-6-14-26-46)58-34-18-32-54-52-30-16-28-50(64(52)70-66(54)58)44-21-9-4-10-22-44/h5-6,11-18,23-40,43-44H,3-4,7-10,19-22H2,1-2H3. The lowest BCUT2D eigenvalue weighted by atomic mass is 9.83. The van der Waals surface area contributed by atoms with Gasteiger partial charge in [-0.25, -0.2) is 0 Å². The summed E-state index contributed by atoms with van der Waals surface area (Å²) in [4.78, 5) is 4.91. The van der Waals surface area contributed by atoms with E-state index >= 15 is 0 Å². The summed E-state index contributed by atoms with van der Waals surface area (Å²) in [5.74, 6) is 1.06. The van der Waals surface area contributed by atoms with Crippen molar-refractivity contribution in [2.45, 2.75) is 89.9 Å². The van der Waals surface area contributed by atoms with Gasteiger partial charge in [0.1, 0.15) is 11.2 Å². The van der Waals surface area contributed by atoms with E-state index in [1.54, 1.807) is 0 Å². The summed E-state index contributed by atoms with van der Waals surface area (Å²) < 4.78 is 14.4. The number of para-hydroxylation sites is 6. The Balaban J connectivity index is 1.01. The van der Waals surface area contributed by atoms with Crippen LogP contribution in [0.3, 0.4) is 0 Å². The molecule has 0 aliphatic heterocycles. The molecule has 2 aromatic heterocycles. The van der Waals surface area contributed by atoms with Gasteiger partial charge in [0.25, 0.3) is 0 Å². The predicted molar refractivity (Wildman–Crippen MR) is 295 cm³/mol. The molecule has 0 unspecified atom stereocenters. The number of aryl methyl sites for hydroxylation is 2. The van der Waals surface area contributed by atoms with E-state index in [9.17, 15) is 0 Å². The number of rotatable bonds is 8. The molecule has 2 heterocycles. The van der Waals surface area contributed by atoms with Crippen LogP contribution < -0.4 is 9.80 Å². The number of fused-ring (bicyclic) bond motifs is 6. The molecule has 0 atom stereocenters. The molecule has 2 aliphatic rings. The quantitative estimate of drug-likeness (QED) is 0.142. The summed E-state index contributed by atoms with van der Waals surface area (Å²) in [7, 11) is 0. The Morgan fingerprint density at radius 2 is 0.700 bits per heavy atom. The van der Waals surface area contributed by atoms with Crippen LogP contribution in [0.5, 0.6) is 0 Å². The smallest absolute Gasteiger partial charge is 0.159 e. The third-order valence-electron chi connectivity index (χ3n) is 16.4. The number of benzene rings is 10. The van der Waals surface area contributed by atoms with Crippen molar-refractivity contribution in [2.75, 3.05) is 9.80 Å². The number of hydrogen-bond acceptors (Lipinski definition) is 4. The van der Waals surface area contributed by atoms with E-state index in [1.807, 2.05) is 0 Å². The van der Waals surface area contributed by atoms with E-state index in [1.165, 1.54) is 130 Å². The van der Waals surface area contributed by atoms with Crippen LogP contribution in [0, 0.1) is 13.8 Å². The van der Waals surface area contributed by atoms with Crippen molar-refractivity contribution in [3.8, 4) is 0 Å². The summed E-state index contributed by atoms with van der Waals surface area (Å²) in [5, 5.41) is 12.2. The van der Waals surface area contributed by atoms with Gasteiger partial charge in [0.2, 0.25) is 0 Å². The molecule has 0 N–H and O–H groups in total. The maximum atomic E-state index is 7.22. The maximum Gasteiger partial charge on any atom is 0.159 e. The van der Waals surface area contributed by atoms with Gasteiger partial charge in [-0.1, -0.05) is 160 Å². The molecule has 0 radical (unpaired) electrons. The van der Waals surface area contributed by atoms with Crippen molar-refractivity contribution < 1.29 is 8.83 Å². The highest BCUT2D eigenvalue weighted by Gasteiger charge is 2.29. The van der Waals surface area contributed by atoms with Gasteiger partial charge in [-0.15, -0.1) is 0 Å². The second-order valence-corrected chi connectivity index (χ2v) is 20.5. The fourth-order valence-electron chi connectivity index (χ4n) is 13.1. The largest absolute Gasteiger partial charge is 0.454 e. The Morgan fingerprint density at radius 1 is 0.329 bits per heavy atom. The van der Waals surface area contributed by atoms with Crippen LogP contribution in [-0.4, -0.2) is 0 Å². The summed E-state index contributed by atoms with van der Waals surface area (Å²) in [6, 6.07) is 63.1. The van der Waals surface area contributed by atoms with Crippen molar-refractivity contribution in [1.29, 1.82) is 0 Å². The monoisotopic (exact) mass is 908 g/mol. The van der Waals surface area contributed by atoms with Crippen LogP contribution in [0.4, 0.5) is 34.1 Å². The van der Waals surface area contributed by atoms with Gasteiger partial charge < -0.3 is 18.6 Å². The lowest BCUT2D eigenvalue weighted by Crippen LogP contribution is -2.12. The molecule has 4 nitrogen and oxygen atoms in total. The van der Waals surface area contributed by atoms with Crippen LogP contribution in [0.25, 0.3) is 76.2 Å². The predicted octanol–water partition coefficient (Wildman–Crippen LogP) is 20.0. The minimum atomic E-state index is 0.531. The summed E-state index contributed by atoms with van der Waals surface area (Å²) in [6.45, 7) is 4.56. The Labute approximate surface area is 409 Å². The molecular weight excluding hydrogens is 853 g/mol. The van der Waals surface area contributed by atoms with Gasteiger partial charge >= 0.3 is 0 Å². The van der Waals surface area contributed by atoms with Crippen molar-refractivity contribution in [1.82, 2.24) is 0 Å². The lowest BCUT2D eigenvalue weighted by Gasteiger charge is -2.30. The molecule has 0 spiro atoms. The zero-order chi connectivity index (χ0) is 46.5. The molecule has 0 amide bonds. The normalized spacial score (nSPS) is 15.2. The third kappa shape index (κ3) is 6.42. The minimum absolute atomic E-state index is 0.531. The van der Waals surface area contributed by atoms with E-state index < -0.39 is 0 Å². The summed E-state index contributed by atoms with van der Waals surface area (Å²) in [6.07, 6.45) is 12.7. The molecule has 2 fully saturated rings. The highest BCUT2D eigenvalue weighted by molar-refractivity contribution is 6.30. The highest BCUT2D eigenvalue weighted by Crippen LogP contribution is 2.52. The van der Waals surface area contributed by atoms with Gasteiger partial charge in [0, 0.05) is 43.7 Å². The molecule has 0 saturated heterocycles. The van der Waals surface area contributed by atoms with Crippen molar-refractivity contribution in [3.63, 3.8) is 0 Å². The van der Waals surface area contributed by atoms with Gasteiger partial charge in [-0.2, -0.15) is 0 Å². The topological polar surface area (TPSA) is 32.8 Å². The first-order chi connectivity index (χ1) is 34.6. The van der Waals surface area contributed by atoms with E-state index in [4.69, 9.17) is 8.83 Å². The van der Waals surface area contributed by atoms with Gasteiger partial charge in [0.15, 0.2) is 11.2 Å². The first-order valence-electron chi connectivity index (χ1n) is 25.9. The van der Waals surface area contributed by atoms with Crippen molar-refractivity contribution in [2.24, 2.45) is 0 Å². The second-order valence-electron chi connectivity index (χ2n) is 20.5. The highest BCUT2D eigenvalue weighted by atomic mass is 16.3. The zero-order valence-electron chi connectivity index (χ0n) is 40.1. The zero-order valence-corrected chi connectivity index (χ0v) is 40.1. The molecule has 2 aliphatic carbocycles. The number of furan rings is 2. The molecule has 2 saturated carbocycles. The summed E-state index contributed by atoms with van der Waals surface area (Å²) in [5.41, 5.74) is 15.7. The van der Waals surface area contributed by atoms with E-state index in [2.05, 4.69) is 194 Å². The molecule has 342 valence electrons. The van der Waals surface area contributed by atoms with Crippen molar-refractivity contribution in [3.05, 3.63) is 192 Å². The van der Waals surface area contributed by atoms with Crippen LogP contribution >= 0.6 is 0 Å². The van der Waals surface area contributed by atoms with E-state index in [0.717, 1.165) is 67.2 Å². The van der Waals surface area contributed by atoms with Crippen LogP contribution in [0.1, 0.15) is 98.3 Å². The molecule has 0 bridgehead atoms. The maximum absolute atomic E-state index is 7.22. The summed E-state index contributed by atoms with van der Waals surface area (Å²) >= 11 is 0. The fraction of sp³-hybridized carbons (Fsp3) is 0.212. The first kappa shape index (κ1) is 41.4. The second kappa shape index (κ2) is 16.6. The van der Waals surface area contributed by atoms with E-state index in [-0.39, 0.29) is 0 Å². The molecule has 12 aromatic rings. The SMILES string of the molecule is Cc1cc(N(c2ccccc2)c2cccc3c2oc2c(C4CCCCC4)cccc23)c2ccc3c(C)cc(N(c4ccccc4)c4cccc5c4oc4c(C6CCCCC6)cccc45)c4ccc1c2c34. The van der Waals surface area contributed by atoms with Gasteiger partial charge in [-0.3, -0.25) is 0 Å². The van der Waals surface area contributed by atoms with Gasteiger partial charge in [0.05, 0.1) is 22.7 Å². The van der Waals surface area contributed by atoms with Gasteiger partial charge in [-0.05, 0) is 144 Å². The minimum Gasteiger partial charge on any atom is -0.454 e. The van der Waals surface area contributed by atoms with Crippen LogP contribution in [-0.2, 0) is 0 Å². The number of hydrogen-bond donors (Lipinski definition) is 0. The fourth-order valence-corrected chi connectivity index (χ4v) is 13.1.